The largest absolute Gasteiger partial charge is 0.271 e. The van der Waals surface area contributed by atoms with Crippen LogP contribution in [0.2, 0.25) is 0 Å². The lowest BCUT2D eigenvalue weighted by atomic mass is 9.98. The Kier molecular flexibility index (Phi) is 4.01. The molecule has 0 bridgehead atoms. The molecule has 4 heteroatoms. The number of nitrogens with zero attached hydrogens (tertiary/aromatic N) is 1. The molecule has 0 radical (unpaired) electrons. The molecule has 0 amide bonds. The standard InChI is InChI=1S/C17H16BrN3/c1-11-5-4-7-14(16(11)18)17(21-19)13-9-12-6-2-3-8-15(12)20-10-13/h2-10,17,21H,19H2,1H3. The van der Waals surface area contributed by atoms with Crippen LogP contribution in [-0.2, 0) is 0 Å². The minimum atomic E-state index is -0.101. The third-order valence-electron chi connectivity index (χ3n) is 3.64. The minimum Gasteiger partial charge on any atom is -0.271 e. The highest BCUT2D eigenvalue weighted by molar-refractivity contribution is 9.10. The molecular formula is C17H16BrN3. The first-order chi connectivity index (χ1) is 10.2. The Morgan fingerprint density at radius 2 is 1.95 bits per heavy atom. The predicted molar refractivity (Wildman–Crippen MR) is 89.8 cm³/mol. The van der Waals surface area contributed by atoms with Crippen molar-refractivity contribution in [2.75, 3.05) is 0 Å². The number of rotatable bonds is 3. The first-order valence-electron chi connectivity index (χ1n) is 6.76. The SMILES string of the molecule is Cc1cccc(C(NN)c2cnc3ccccc3c2)c1Br. The van der Waals surface area contributed by atoms with Crippen LogP contribution in [0, 0.1) is 6.92 Å². The monoisotopic (exact) mass is 341 g/mol. The van der Waals surface area contributed by atoms with Crippen molar-refractivity contribution in [3.63, 3.8) is 0 Å². The number of benzene rings is 2. The Morgan fingerprint density at radius 1 is 1.14 bits per heavy atom. The van der Waals surface area contributed by atoms with Crippen LogP contribution in [0.4, 0.5) is 0 Å². The number of fused-ring (bicyclic) bond motifs is 1. The zero-order valence-corrected chi connectivity index (χ0v) is 13.3. The van der Waals surface area contributed by atoms with Crippen molar-refractivity contribution in [1.82, 2.24) is 10.4 Å². The van der Waals surface area contributed by atoms with Gasteiger partial charge >= 0.3 is 0 Å². The van der Waals surface area contributed by atoms with Gasteiger partial charge in [-0.2, -0.15) is 0 Å². The molecular weight excluding hydrogens is 326 g/mol. The molecule has 0 fully saturated rings. The maximum absolute atomic E-state index is 5.80. The number of halogens is 1. The van der Waals surface area contributed by atoms with E-state index in [2.05, 4.69) is 57.5 Å². The van der Waals surface area contributed by atoms with Crippen molar-refractivity contribution in [3.8, 4) is 0 Å². The summed E-state index contributed by atoms with van der Waals surface area (Å²) in [6.45, 7) is 2.07. The van der Waals surface area contributed by atoms with E-state index in [0.717, 1.165) is 26.5 Å². The van der Waals surface area contributed by atoms with Crippen molar-refractivity contribution < 1.29 is 0 Å². The van der Waals surface area contributed by atoms with Crippen LogP contribution < -0.4 is 11.3 Å². The molecule has 3 rings (SSSR count). The van der Waals surface area contributed by atoms with Crippen molar-refractivity contribution in [1.29, 1.82) is 0 Å². The average Bonchev–Trinajstić information content (AvgIpc) is 2.52. The molecule has 0 aliphatic carbocycles. The third kappa shape index (κ3) is 2.70. The van der Waals surface area contributed by atoms with Crippen molar-refractivity contribution >= 4 is 26.8 Å². The van der Waals surface area contributed by atoms with E-state index in [4.69, 9.17) is 5.84 Å². The van der Waals surface area contributed by atoms with E-state index in [1.54, 1.807) is 0 Å². The predicted octanol–water partition coefficient (Wildman–Crippen LogP) is 3.86. The van der Waals surface area contributed by atoms with Crippen molar-refractivity contribution in [2.45, 2.75) is 13.0 Å². The maximum Gasteiger partial charge on any atom is 0.0736 e. The first-order valence-corrected chi connectivity index (χ1v) is 7.56. The van der Waals surface area contributed by atoms with E-state index < -0.39 is 0 Å². The topological polar surface area (TPSA) is 50.9 Å². The normalized spacial score (nSPS) is 12.5. The van der Waals surface area contributed by atoms with Crippen LogP contribution in [0.3, 0.4) is 0 Å². The van der Waals surface area contributed by atoms with Gasteiger partial charge in [-0.15, -0.1) is 0 Å². The van der Waals surface area contributed by atoms with E-state index >= 15 is 0 Å². The Morgan fingerprint density at radius 3 is 2.76 bits per heavy atom. The number of nitrogens with two attached hydrogens (primary N) is 1. The Bertz CT molecular complexity index is 786. The van der Waals surface area contributed by atoms with E-state index in [0.29, 0.717) is 0 Å². The Balaban J connectivity index is 2.11. The number of aryl methyl sites for hydroxylation is 1. The number of hydrogen-bond acceptors (Lipinski definition) is 3. The van der Waals surface area contributed by atoms with Gasteiger partial charge in [0.2, 0.25) is 0 Å². The summed E-state index contributed by atoms with van der Waals surface area (Å²) in [4.78, 5) is 4.52. The van der Waals surface area contributed by atoms with Gasteiger partial charge in [-0.25, -0.2) is 5.43 Å². The molecule has 0 aliphatic rings. The lowest BCUT2D eigenvalue weighted by molar-refractivity contribution is 0.633. The summed E-state index contributed by atoms with van der Waals surface area (Å²) in [5.74, 6) is 5.80. The van der Waals surface area contributed by atoms with Gasteiger partial charge in [-0.3, -0.25) is 10.8 Å². The number of hydrogen-bond donors (Lipinski definition) is 2. The highest BCUT2D eigenvalue weighted by atomic mass is 79.9. The number of aromatic nitrogens is 1. The van der Waals surface area contributed by atoms with Crippen LogP contribution in [0.5, 0.6) is 0 Å². The molecule has 1 aromatic heterocycles. The molecule has 3 N–H and O–H groups in total. The van der Waals surface area contributed by atoms with Crippen molar-refractivity contribution in [3.05, 3.63) is 75.9 Å². The van der Waals surface area contributed by atoms with Crippen LogP contribution in [0.1, 0.15) is 22.7 Å². The fraction of sp³-hybridized carbons (Fsp3) is 0.118. The quantitative estimate of drug-likeness (QED) is 0.561. The van der Waals surface area contributed by atoms with Crippen molar-refractivity contribution in [2.24, 2.45) is 5.84 Å². The van der Waals surface area contributed by atoms with Crippen LogP contribution >= 0.6 is 15.9 Å². The fourth-order valence-electron chi connectivity index (χ4n) is 2.50. The molecule has 0 spiro atoms. The Hall–Kier alpha value is -1.75. The van der Waals surface area contributed by atoms with E-state index in [-0.39, 0.29) is 6.04 Å². The number of nitrogens with one attached hydrogen (secondary N) is 1. The van der Waals surface area contributed by atoms with Gasteiger partial charge in [0, 0.05) is 16.1 Å². The molecule has 0 saturated heterocycles. The highest BCUT2D eigenvalue weighted by Crippen LogP contribution is 2.31. The molecule has 106 valence electrons. The summed E-state index contributed by atoms with van der Waals surface area (Å²) in [6, 6.07) is 16.3. The van der Waals surface area contributed by atoms with Gasteiger partial charge in [0.1, 0.15) is 0 Å². The average molecular weight is 342 g/mol. The molecule has 3 nitrogen and oxygen atoms in total. The Labute approximate surface area is 132 Å². The second-order valence-corrected chi connectivity index (χ2v) is 5.83. The van der Waals surface area contributed by atoms with E-state index in [9.17, 15) is 0 Å². The second-order valence-electron chi connectivity index (χ2n) is 5.04. The summed E-state index contributed by atoms with van der Waals surface area (Å²) < 4.78 is 1.07. The zero-order chi connectivity index (χ0) is 14.8. The molecule has 1 heterocycles. The summed E-state index contributed by atoms with van der Waals surface area (Å²) in [7, 11) is 0. The first kappa shape index (κ1) is 14.2. The van der Waals surface area contributed by atoms with Crippen LogP contribution in [0.15, 0.2) is 59.2 Å². The van der Waals surface area contributed by atoms with Crippen LogP contribution in [0.25, 0.3) is 10.9 Å². The smallest absolute Gasteiger partial charge is 0.0736 e. The summed E-state index contributed by atoms with van der Waals surface area (Å²) in [6.07, 6.45) is 1.88. The number of hydrazine groups is 1. The lowest BCUT2D eigenvalue weighted by Crippen LogP contribution is -2.29. The molecule has 2 aromatic carbocycles. The summed E-state index contributed by atoms with van der Waals surface area (Å²) in [5, 5.41) is 1.11. The number of para-hydroxylation sites is 1. The summed E-state index contributed by atoms with van der Waals surface area (Å²) in [5.41, 5.74) is 7.22. The van der Waals surface area contributed by atoms with Gasteiger partial charge in [0.05, 0.1) is 11.6 Å². The zero-order valence-electron chi connectivity index (χ0n) is 11.7. The van der Waals surface area contributed by atoms with Gasteiger partial charge in [-0.1, -0.05) is 52.3 Å². The van der Waals surface area contributed by atoms with Gasteiger partial charge < -0.3 is 0 Å². The van der Waals surface area contributed by atoms with Gasteiger partial charge in [-0.05, 0) is 35.7 Å². The fourth-order valence-corrected chi connectivity index (χ4v) is 3.00. The van der Waals surface area contributed by atoms with E-state index in [1.165, 1.54) is 5.56 Å². The second kappa shape index (κ2) is 5.93. The molecule has 21 heavy (non-hydrogen) atoms. The molecule has 0 aliphatic heterocycles. The molecule has 1 unspecified atom stereocenters. The van der Waals surface area contributed by atoms with E-state index in [1.807, 2.05) is 30.5 Å². The summed E-state index contributed by atoms with van der Waals surface area (Å²) >= 11 is 3.65. The lowest BCUT2D eigenvalue weighted by Gasteiger charge is -2.19. The third-order valence-corrected chi connectivity index (χ3v) is 4.73. The molecule has 3 aromatic rings. The van der Waals surface area contributed by atoms with Crippen LogP contribution in [-0.4, -0.2) is 4.98 Å². The maximum atomic E-state index is 5.80. The number of pyridine rings is 1. The highest BCUT2D eigenvalue weighted by Gasteiger charge is 2.17. The van der Waals surface area contributed by atoms with Gasteiger partial charge in [0.15, 0.2) is 0 Å². The minimum absolute atomic E-state index is 0.101. The molecule has 0 saturated carbocycles. The van der Waals surface area contributed by atoms with Gasteiger partial charge in [0.25, 0.3) is 0 Å². The molecule has 1 atom stereocenters.